The van der Waals surface area contributed by atoms with Crippen LogP contribution >= 0.6 is 0 Å². The van der Waals surface area contributed by atoms with Crippen molar-refractivity contribution in [2.45, 2.75) is 51.9 Å². The molecule has 0 aliphatic heterocycles. The Labute approximate surface area is 302 Å². The molecule has 9 aromatic rings. The molecule has 0 aliphatic carbocycles. The predicted octanol–water partition coefficient (Wildman–Crippen LogP) is 11.9. The summed E-state index contributed by atoms with van der Waals surface area (Å²) in [5, 5.41) is 1.95. The number of nitrogens with zero attached hydrogens (tertiary/aromatic N) is 4. The molecule has 4 heterocycles. The SMILES string of the molecule is CC(C)(C)c1nc(-c2ccccc2)c2oc3cc(CC(C)(C)c4nc(-c5cccc(-c6ccccc6)c5)c5oc6ccccc6c5n4)ccc3c2n1. The molecule has 0 unspecified atom stereocenters. The van der Waals surface area contributed by atoms with Gasteiger partial charge in [0.2, 0.25) is 0 Å². The molecule has 254 valence electrons. The van der Waals surface area contributed by atoms with Gasteiger partial charge in [0.1, 0.15) is 45.2 Å². The van der Waals surface area contributed by atoms with Gasteiger partial charge in [0.05, 0.1) is 0 Å². The summed E-state index contributed by atoms with van der Waals surface area (Å²) in [7, 11) is 0. The zero-order valence-electron chi connectivity index (χ0n) is 29.9. The fraction of sp³-hybridized carbons (Fsp3) is 0.174. The normalized spacial score (nSPS) is 12.4. The molecule has 6 nitrogen and oxygen atoms in total. The maximum Gasteiger partial charge on any atom is 0.180 e. The summed E-state index contributed by atoms with van der Waals surface area (Å²) < 4.78 is 13.1. The molecule has 0 bridgehead atoms. The van der Waals surface area contributed by atoms with E-state index in [1.165, 1.54) is 0 Å². The Balaban J connectivity index is 1.16. The number of para-hydroxylation sites is 1. The Morgan fingerprint density at radius 3 is 1.75 bits per heavy atom. The van der Waals surface area contributed by atoms with E-state index in [9.17, 15) is 0 Å². The van der Waals surface area contributed by atoms with Crippen molar-refractivity contribution in [1.29, 1.82) is 0 Å². The zero-order chi connectivity index (χ0) is 35.6. The maximum atomic E-state index is 6.62. The first-order valence-corrected chi connectivity index (χ1v) is 17.8. The average molecular weight is 679 g/mol. The Kier molecular flexibility index (Phi) is 7.33. The van der Waals surface area contributed by atoms with E-state index >= 15 is 0 Å². The molecule has 6 heteroatoms. The van der Waals surface area contributed by atoms with E-state index in [4.69, 9.17) is 28.8 Å². The maximum absolute atomic E-state index is 6.62. The highest BCUT2D eigenvalue weighted by Gasteiger charge is 2.29. The third-order valence-electron chi connectivity index (χ3n) is 9.81. The lowest BCUT2D eigenvalue weighted by Gasteiger charge is -2.24. The summed E-state index contributed by atoms with van der Waals surface area (Å²) in [5.74, 6) is 1.54. The average Bonchev–Trinajstić information content (AvgIpc) is 3.72. The fourth-order valence-corrected chi connectivity index (χ4v) is 7.08. The molecule has 9 rings (SSSR count). The molecule has 0 atom stereocenters. The molecule has 0 aliphatic rings. The van der Waals surface area contributed by atoms with Crippen LogP contribution in [-0.4, -0.2) is 19.9 Å². The number of aromatic nitrogens is 4. The smallest absolute Gasteiger partial charge is 0.180 e. The summed E-state index contributed by atoms with van der Waals surface area (Å²) in [6.45, 7) is 10.8. The third kappa shape index (κ3) is 5.52. The van der Waals surface area contributed by atoms with Crippen molar-refractivity contribution in [3.05, 3.63) is 145 Å². The molecule has 0 saturated heterocycles. The van der Waals surface area contributed by atoms with Crippen molar-refractivity contribution in [3.63, 3.8) is 0 Å². The topological polar surface area (TPSA) is 77.8 Å². The second-order valence-corrected chi connectivity index (χ2v) is 15.3. The van der Waals surface area contributed by atoms with E-state index in [0.29, 0.717) is 17.6 Å². The Morgan fingerprint density at radius 1 is 0.462 bits per heavy atom. The summed E-state index contributed by atoms with van der Waals surface area (Å²) in [6, 6.07) is 43.7. The minimum atomic E-state index is -0.438. The van der Waals surface area contributed by atoms with Gasteiger partial charge >= 0.3 is 0 Å². The first kappa shape index (κ1) is 31.8. The molecule has 0 fully saturated rings. The second kappa shape index (κ2) is 12.0. The van der Waals surface area contributed by atoms with Gasteiger partial charge in [-0.1, -0.05) is 132 Å². The van der Waals surface area contributed by atoms with Crippen LogP contribution in [0.4, 0.5) is 0 Å². The van der Waals surface area contributed by atoms with Crippen LogP contribution < -0.4 is 0 Å². The third-order valence-corrected chi connectivity index (χ3v) is 9.81. The minimum absolute atomic E-state index is 0.228. The van der Waals surface area contributed by atoms with Crippen LogP contribution in [0.15, 0.2) is 136 Å². The second-order valence-electron chi connectivity index (χ2n) is 15.3. The highest BCUT2D eigenvalue weighted by atomic mass is 16.3. The summed E-state index contributed by atoms with van der Waals surface area (Å²) >= 11 is 0. The van der Waals surface area contributed by atoms with Crippen LogP contribution in [0.1, 0.15) is 51.8 Å². The minimum Gasteiger partial charge on any atom is -0.452 e. The molecular formula is C46H38N4O2. The number of hydrogen-bond acceptors (Lipinski definition) is 6. The van der Waals surface area contributed by atoms with Gasteiger partial charge in [-0.05, 0) is 53.4 Å². The quantitative estimate of drug-likeness (QED) is 0.174. The Hall–Kier alpha value is -6.14. The predicted molar refractivity (Wildman–Crippen MR) is 210 cm³/mol. The summed E-state index contributed by atoms with van der Waals surface area (Å²) in [5.41, 5.74) is 11.0. The van der Waals surface area contributed by atoms with Crippen molar-refractivity contribution >= 4 is 44.1 Å². The standard InChI is InChI=1S/C46H38N4O2/c1-45(2,3)43-47-37(30-17-10-7-11-18-30)41-40(49-43)34-24-23-28(25-36(34)52-41)27-46(4,5)44-48-38(42-39(50-44)33-21-12-13-22-35(33)51-42)32-20-14-19-31(26-32)29-15-8-6-9-16-29/h6-26H,27H2,1-5H3. The van der Waals surface area contributed by atoms with Crippen molar-refractivity contribution in [2.24, 2.45) is 0 Å². The number of benzene rings is 5. The number of fused-ring (bicyclic) bond motifs is 6. The van der Waals surface area contributed by atoms with Crippen molar-refractivity contribution in [2.75, 3.05) is 0 Å². The van der Waals surface area contributed by atoms with Gasteiger partial charge in [-0.2, -0.15) is 0 Å². The zero-order valence-corrected chi connectivity index (χ0v) is 29.9. The highest BCUT2D eigenvalue weighted by molar-refractivity contribution is 6.07. The molecule has 0 radical (unpaired) electrons. The van der Waals surface area contributed by atoms with Crippen LogP contribution in [-0.2, 0) is 17.3 Å². The van der Waals surface area contributed by atoms with Gasteiger partial charge in [0.25, 0.3) is 0 Å². The fourth-order valence-electron chi connectivity index (χ4n) is 7.08. The molecule has 0 saturated carbocycles. The van der Waals surface area contributed by atoms with Gasteiger partial charge < -0.3 is 8.83 Å². The van der Waals surface area contributed by atoms with Crippen molar-refractivity contribution in [1.82, 2.24) is 19.9 Å². The van der Waals surface area contributed by atoms with Gasteiger partial charge in [0, 0.05) is 32.7 Å². The van der Waals surface area contributed by atoms with Crippen LogP contribution in [0.5, 0.6) is 0 Å². The first-order valence-electron chi connectivity index (χ1n) is 17.8. The monoisotopic (exact) mass is 678 g/mol. The van der Waals surface area contributed by atoms with Gasteiger partial charge in [-0.25, -0.2) is 19.9 Å². The van der Waals surface area contributed by atoms with Crippen molar-refractivity contribution in [3.8, 4) is 33.6 Å². The molecule has 5 aromatic carbocycles. The molecule has 52 heavy (non-hydrogen) atoms. The van der Waals surface area contributed by atoms with E-state index in [1.54, 1.807) is 0 Å². The van der Waals surface area contributed by atoms with E-state index in [1.807, 2.05) is 42.5 Å². The highest BCUT2D eigenvalue weighted by Crippen LogP contribution is 2.39. The number of hydrogen-bond donors (Lipinski definition) is 0. The van der Waals surface area contributed by atoms with Crippen LogP contribution in [0.3, 0.4) is 0 Å². The molecule has 4 aromatic heterocycles. The molecular weight excluding hydrogens is 641 g/mol. The lowest BCUT2D eigenvalue weighted by molar-refractivity contribution is 0.489. The van der Waals surface area contributed by atoms with Gasteiger partial charge in [0.15, 0.2) is 11.2 Å². The molecule has 0 spiro atoms. The molecule has 0 N–H and O–H groups in total. The summed E-state index contributed by atoms with van der Waals surface area (Å²) in [6.07, 6.45) is 0.690. The Morgan fingerprint density at radius 2 is 1.02 bits per heavy atom. The lowest BCUT2D eigenvalue weighted by Crippen LogP contribution is -2.24. The van der Waals surface area contributed by atoms with E-state index in [-0.39, 0.29) is 5.41 Å². The van der Waals surface area contributed by atoms with Crippen LogP contribution in [0.2, 0.25) is 0 Å². The Bertz CT molecular complexity index is 2770. The lowest BCUT2D eigenvalue weighted by atomic mass is 9.84. The largest absolute Gasteiger partial charge is 0.452 e. The van der Waals surface area contributed by atoms with E-state index < -0.39 is 5.41 Å². The first-order chi connectivity index (χ1) is 25.1. The number of rotatable bonds is 6. The molecule has 0 amide bonds. The van der Waals surface area contributed by atoms with Gasteiger partial charge in [-0.3, -0.25) is 0 Å². The van der Waals surface area contributed by atoms with Gasteiger partial charge in [-0.15, -0.1) is 0 Å². The number of furan rings is 2. The van der Waals surface area contributed by atoms with Crippen molar-refractivity contribution < 1.29 is 8.83 Å². The summed E-state index contributed by atoms with van der Waals surface area (Å²) in [4.78, 5) is 20.6. The van der Waals surface area contributed by atoms with Crippen LogP contribution in [0.25, 0.3) is 77.8 Å². The van der Waals surface area contributed by atoms with E-state index in [0.717, 1.165) is 83.8 Å². The van der Waals surface area contributed by atoms with Crippen LogP contribution in [0, 0.1) is 0 Å². The van der Waals surface area contributed by atoms with E-state index in [2.05, 4.69) is 120 Å².